The number of pyridine rings is 1. The van der Waals surface area contributed by atoms with Crippen LogP contribution < -0.4 is 5.73 Å². The van der Waals surface area contributed by atoms with Crippen LogP contribution in [0.5, 0.6) is 0 Å². The van der Waals surface area contributed by atoms with E-state index in [0.29, 0.717) is 29.6 Å². The molecule has 2 fully saturated rings. The Kier molecular flexibility index (Phi) is 3.80. The number of ether oxygens (including phenoxy) is 2. The SMILES string of the molecule is Nc1cnc(C2COC3(CCC(F)(F)CC3)OC2)c(Cl)c1. The molecule has 1 aromatic rings. The molecule has 116 valence electrons. The molecule has 21 heavy (non-hydrogen) atoms. The number of halogens is 3. The van der Waals surface area contributed by atoms with Gasteiger partial charge in [-0.25, -0.2) is 8.78 Å². The molecule has 2 heterocycles. The van der Waals surface area contributed by atoms with Crippen LogP contribution in [0.4, 0.5) is 14.5 Å². The van der Waals surface area contributed by atoms with Gasteiger partial charge in [0.05, 0.1) is 35.8 Å². The third-order valence-corrected chi connectivity index (χ3v) is 4.42. The molecular formula is C14H17ClF2N2O2. The Morgan fingerprint density at radius 2 is 1.81 bits per heavy atom. The zero-order valence-corrected chi connectivity index (χ0v) is 12.2. The third-order valence-electron chi connectivity index (χ3n) is 4.12. The van der Waals surface area contributed by atoms with Crippen LogP contribution >= 0.6 is 11.6 Å². The van der Waals surface area contributed by atoms with E-state index >= 15 is 0 Å². The molecule has 1 aliphatic heterocycles. The van der Waals surface area contributed by atoms with Crippen molar-refractivity contribution in [2.75, 3.05) is 18.9 Å². The van der Waals surface area contributed by atoms with E-state index in [9.17, 15) is 8.78 Å². The van der Waals surface area contributed by atoms with Crippen molar-refractivity contribution in [3.8, 4) is 0 Å². The summed E-state index contributed by atoms with van der Waals surface area (Å²) in [7, 11) is 0. The lowest BCUT2D eigenvalue weighted by Gasteiger charge is -2.44. The van der Waals surface area contributed by atoms with E-state index in [4.69, 9.17) is 26.8 Å². The quantitative estimate of drug-likeness (QED) is 0.862. The highest BCUT2D eigenvalue weighted by Gasteiger charge is 2.47. The van der Waals surface area contributed by atoms with Gasteiger partial charge >= 0.3 is 0 Å². The summed E-state index contributed by atoms with van der Waals surface area (Å²) in [6.45, 7) is 0.727. The van der Waals surface area contributed by atoms with Gasteiger partial charge in [0, 0.05) is 31.6 Å². The van der Waals surface area contributed by atoms with Crippen molar-refractivity contribution in [1.82, 2.24) is 4.98 Å². The number of nitrogens with zero attached hydrogens (tertiary/aromatic N) is 1. The van der Waals surface area contributed by atoms with E-state index in [1.165, 1.54) is 6.20 Å². The largest absolute Gasteiger partial charge is 0.397 e. The molecule has 1 aliphatic carbocycles. The minimum atomic E-state index is -2.60. The maximum Gasteiger partial charge on any atom is 0.248 e. The molecule has 0 amide bonds. The van der Waals surface area contributed by atoms with Crippen LogP contribution in [-0.4, -0.2) is 29.9 Å². The Morgan fingerprint density at radius 3 is 2.38 bits per heavy atom. The zero-order chi connectivity index (χ0) is 15.1. The van der Waals surface area contributed by atoms with E-state index in [-0.39, 0.29) is 31.6 Å². The van der Waals surface area contributed by atoms with E-state index in [1.54, 1.807) is 6.07 Å². The average molecular weight is 319 g/mol. The molecule has 0 aromatic carbocycles. The minimum Gasteiger partial charge on any atom is -0.397 e. The molecule has 7 heteroatoms. The van der Waals surface area contributed by atoms with Crippen molar-refractivity contribution >= 4 is 17.3 Å². The van der Waals surface area contributed by atoms with Crippen molar-refractivity contribution in [3.05, 3.63) is 23.0 Å². The van der Waals surface area contributed by atoms with Crippen LogP contribution in [-0.2, 0) is 9.47 Å². The molecule has 0 bridgehead atoms. The van der Waals surface area contributed by atoms with Crippen LogP contribution in [0, 0.1) is 0 Å². The van der Waals surface area contributed by atoms with Crippen LogP contribution in [0.15, 0.2) is 12.3 Å². The Morgan fingerprint density at radius 1 is 1.19 bits per heavy atom. The summed E-state index contributed by atoms with van der Waals surface area (Å²) in [4.78, 5) is 4.22. The van der Waals surface area contributed by atoms with E-state index in [1.807, 2.05) is 0 Å². The molecule has 0 unspecified atom stereocenters. The second-order valence-corrected chi connectivity index (χ2v) is 6.13. The van der Waals surface area contributed by atoms with Gasteiger partial charge in [-0.05, 0) is 6.07 Å². The molecule has 2 N–H and O–H groups in total. The molecule has 1 saturated carbocycles. The molecule has 1 spiro atoms. The van der Waals surface area contributed by atoms with Gasteiger partial charge in [-0.1, -0.05) is 11.6 Å². The summed E-state index contributed by atoms with van der Waals surface area (Å²) in [5.74, 6) is -3.57. The third kappa shape index (κ3) is 3.12. The predicted octanol–water partition coefficient (Wildman–Crippen LogP) is 3.35. The standard InChI is InChI=1S/C14H17ClF2N2O2/c15-11-5-10(18)6-19-12(11)9-7-20-14(21-8-9)3-1-13(16,17)2-4-14/h5-6,9H,1-4,7-8,18H2. The zero-order valence-electron chi connectivity index (χ0n) is 11.4. The van der Waals surface area contributed by atoms with Crippen molar-refractivity contribution in [1.29, 1.82) is 0 Å². The number of aromatic nitrogens is 1. The molecule has 2 aliphatic rings. The first-order valence-electron chi connectivity index (χ1n) is 6.96. The Hall–Kier alpha value is -0.980. The number of hydrogen-bond acceptors (Lipinski definition) is 4. The highest BCUT2D eigenvalue weighted by molar-refractivity contribution is 6.31. The maximum atomic E-state index is 13.2. The molecule has 0 radical (unpaired) electrons. The molecular weight excluding hydrogens is 302 g/mol. The second kappa shape index (κ2) is 5.34. The molecule has 0 atom stereocenters. The Balaban J connectivity index is 1.65. The van der Waals surface area contributed by atoms with Crippen molar-refractivity contribution in [2.24, 2.45) is 0 Å². The van der Waals surface area contributed by atoms with Crippen LogP contribution in [0.25, 0.3) is 0 Å². The summed E-state index contributed by atoms with van der Waals surface area (Å²) in [6, 6.07) is 1.63. The molecule has 1 saturated heterocycles. The summed E-state index contributed by atoms with van der Waals surface area (Å²) in [5, 5.41) is 0.471. The summed E-state index contributed by atoms with van der Waals surface area (Å²) < 4.78 is 38.0. The topological polar surface area (TPSA) is 57.4 Å². The number of rotatable bonds is 1. The predicted molar refractivity (Wildman–Crippen MR) is 74.5 cm³/mol. The van der Waals surface area contributed by atoms with Gasteiger partial charge in [0.1, 0.15) is 0 Å². The van der Waals surface area contributed by atoms with Crippen molar-refractivity contribution in [2.45, 2.75) is 43.3 Å². The normalized spacial score (nSPS) is 25.1. The van der Waals surface area contributed by atoms with Crippen LogP contribution in [0.2, 0.25) is 5.02 Å². The Bertz CT molecular complexity index is 522. The van der Waals surface area contributed by atoms with Gasteiger partial charge < -0.3 is 15.2 Å². The van der Waals surface area contributed by atoms with Gasteiger partial charge in [0.15, 0.2) is 5.79 Å². The van der Waals surface area contributed by atoms with Crippen LogP contribution in [0.1, 0.15) is 37.3 Å². The molecule has 4 nitrogen and oxygen atoms in total. The monoisotopic (exact) mass is 318 g/mol. The average Bonchev–Trinajstić information content (AvgIpc) is 2.44. The van der Waals surface area contributed by atoms with Crippen LogP contribution in [0.3, 0.4) is 0 Å². The van der Waals surface area contributed by atoms with Gasteiger partial charge in [0.2, 0.25) is 5.92 Å². The number of anilines is 1. The van der Waals surface area contributed by atoms with E-state index in [2.05, 4.69) is 4.98 Å². The van der Waals surface area contributed by atoms with E-state index in [0.717, 1.165) is 0 Å². The number of alkyl halides is 2. The first kappa shape index (κ1) is 14.9. The van der Waals surface area contributed by atoms with E-state index < -0.39 is 11.7 Å². The molecule has 1 aromatic heterocycles. The fraction of sp³-hybridized carbons (Fsp3) is 0.643. The summed E-state index contributed by atoms with van der Waals surface area (Å²) >= 11 is 6.12. The summed E-state index contributed by atoms with van der Waals surface area (Å²) in [6.07, 6.45) is 1.58. The lowest BCUT2D eigenvalue weighted by Crippen LogP contribution is -2.48. The van der Waals surface area contributed by atoms with Gasteiger partial charge in [-0.2, -0.15) is 0 Å². The summed E-state index contributed by atoms with van der Waals surface area (Å²) in [5.41, 5.74) is 6.78. The number of nitrogen functional groups attached to an aromatic ring is 1. The van der Waals surface area contributed by atoms with Gasteiger partial charge in [-0.3, -0.25) is 4.98 Å². The Labute approximate surface area is 126 Å². The first-order valence-corrected chi connectivity index (χ1v) is 7.34. The number of hydrogen-bond donors (Lipinski definition) is 1. The highest BCUT2D eigenvalue weighted by atomic mass is 35.5. The van der Waals surface area contributed by atoms with Gasteiger partial charge in [-0.15, -0.1) is 0 Å². The fourth-order valence-corrected chi connectivity index (χ4v) is 3.13. The fourth-order valence-electron chi connectivity index (χ4n) is 2.80. The lowest BCUT2D eigenvalue weighted by molar-refractivity contribution is -0.300. The lowest BCUT2D eigenvalue weighted by atomic mass is 9.89. The first-order chi connectivity index (χ1) is 9.89. The second-order valence-electron chi connectivity index (χ2n) is 5.72. The van der Waals surface area contributed by atoms with Gasteiger partial charge in [0.25, 0.3) is 0 Å². The smallest absolute Gasteiger partial charge is 0.248 e. The van der Waals surface area contributed by atoms with Crippen molar-refractivity contribution in [3.63, 3.8) is 0 Å². The highest BCUT2D eigenvalue weighted by Crippen LogP contribution is 2.44. The number of nitrogens with two attached hydrogens (primary N) is 1. The molecule has 3 rings (SSSR count). The maximum absolute atomic E-state index is 13.2. The van der Waals surface area contributed by atoms with Crippen molar-refractivity contribution < 1.29 is 18.3 Å². The minimum absolute atomic E-state index is 0.105.